The summed E-state index contributed by atoms with van der Waals surface area (Å²) < 4.78 is 19.0. The lowest BCUT2D eigenvalue weighted by Crippen LogP contribution is -2.35. The van der Waals surface area contributed by atoms with Gasteiger partial charge < -0.3 is 9.42 Å². The number of amides is 1. The van der Waals surface area contributed by atoms with Crippen LogP contribution in [-0.2, 0) is 0 Å². The van der Waals surface area contributed by atoms with Crippen molar-refractivity contribution < 1.29 is 13.7 Å². The van der Waals surface area contributed by atoms with Crippen molar-refractivity contribution in [1.29, 1.82) is 0 Å². The van der Waals surface area contributed by atoms with Gasteiger partial charge in [-0.3, -0.25) is 4.79 Å². The molecule has 1 saturated carbocycles. The summed E-state index contributed by atoms with van der Waals surface area (Å²) in [5, 5.41) is 3.75. The quantitative estimate of drug-likeness (QED) is 0.865. The first-order chi connectivity index (χ1) is 10.1. The summed E-state index contributed by atoms with van der Waals surface area (Å²) in [6, 6.07) is 7.99. The topological polar surface area (TPSA) is 46.3 Å². The van der Waals surface area contributed by atoms with Gasteiger partial charge >= 0.3 is 0 Å². The SMILES string of the molecule is Cc1cc(C(=O)N(C2CC2)C(C)c2ccccc2F)on1. The van der Waals surface area contributed by atoms with Crippen molar-refractivity contribution in [2.75, 3.05) is 0 Å². The lowest BCUT2D eigenvalue weighted by atomic mass is 10.1. The zero-order chi connectivity index (χ0) is 15.0. The number of hydrogen-bond acceptors (Lipinski definition) is 3. The van der Waals surface area contributed by atoms with Crippen molar-refractivity contribution in [3.63, 3.8) is 0 Å². The van der Waals surface area contributed by atoms with Gasteiger partial charge in [-0.1, -0.05) is 23.4 Å². The average Bonchev–Trinajstić information content (AvgIpc) is 3.20. The third kappa shape index (κ3) is 2.68. The predicted octanol–water partition coefficient (Wildman–Crippen LogP) is 3.49. The Hall–Kier alpha value is -2.17. The molecule has 0 N–H and O–H groups in total. The van der Waals surface area contributed by atoms with Crippen LogP contribution in [0.3, 0.4) is 0 Å². The maximum atomic E-state index is 14.0. The van der Waals surface area contributed by atoms with Crippen LogP contribution >= 0.6 is 0 Å². The Bertz CT molecular complexity index is 664. The molecule has 1 fully saturated rings. The highest BCUT2D eigenvalue weighted by molar-refractivity contribution is 5.92. The maximum absolute atomic E-state index is 14.0. The lowest BCUT2D eigenvalue weighted by Gasteiger charge is -2.29. The third-order valence-electron chi connectivity index (χ3n) is 3.79. The molecule has 0 aliphatic heterocycles. The maximum Gasteiger partial charge on any atom is 0.293 e. The first kappa shape index (κ1) is 13.8. The monoisotopic (exact) mass is 288 g/mol. The highest BCUT2D eigenvalue weighted by atomic mass is 19.1. The van der Waals surface area contributed by atoms with E-state index in [1.54, 1.807) is 36.1 Å². The Morgan fingerprint density at radius 2 is 2.14 bits per heavy atom. The molecule has 0 radical (unpaired) electrons. The van der Waals surface area contributed by atoms with Crippen LogP contribution in [0.15, 0.2) is 34.9 Å². The van der Waals surface area contributed by atoms with Crippen molar-refractivity contribution in [3.8, 4) is 0 Å². The van der Waals surface area contributed by atoms with Gasteiger partial charge in [0.1, 0.15) is 5.82 Å². The van der Waals surface area contributed by atoms with E-state index in [0.717, 1.165) is 12.8 Å². The molecule has 0 bridgehead atoms. The van der Waals surface area contributed by atoms with Gasteiger partial charge in [0.15, 0.2) is 0 Å². The molecule has 1 aliphatic rings. The Morgan fingerprint density at radius 3 is 2.71 bits per heavy atom. The van der Waals surface area contributed by atoms with E-state index in [4.69, 9.17) is 4.52 Å². The molecule has 21 heavy (non-hydrogen) atoms. The zero-order valence-electron chi connectivity index (χ0n) is 12.0. The predicted molar refractivity (Wildman–Crippen MR) is 75.2 cm³/mol. The molecule has 0 spiro atoms. The molecule has 0 saturated heterocycles. The van der Waals surface area contributed by atoms with Gasteiger partial charge in [-0.25, -0.2) is 4.39 Å². The number of hydrogen-bond donors (Lipinski definition) is 0. The number of rotatable bonds is 4. The number of halogens is 1. The minimum atomic E-state index is -0.336. The van der Waals surface area contributed by atoms with Gasteiger partial charge in [0.05, 0.1) is 11.7 Å². The van der Waals surface area contributed by atoms with Crippen LogP contribution in [0.5, 0.6) is 0 Å². The minimum absolute atomic E-state index is 0.150. The molecule has 110 valence electrons. The lowest BCUT2D eigenvalue weighted by molar-refractivity contribution is 0.0628. The second-order valence-electron chi connectivity index (χ2n) is 5.47. The van der Waals surface area contributed by atoms with Crippen LogP contribution in [0.1, 0.15) is 47.6 Å². The Kier molecular flexibility index (Phi) is 3.49. The molecule has 2 aromatic rings. The van der Waals surface area contributed by atoms with E-state index >= 15 is 0 Å². The summed E-state index contributed by atoms with van der Waals surface area (Å²) in [7, 11) is 0. The fourth-order valence-electron chi connectivity index (χ4n) is 2.57. The van der Waals surface area contributed by atoms with Gasteiger partial charge in [0, 0.05) is 17.7 Å². The Morgan fingerprint density at radius 1 is 1.43 bits per heavy atom. The van der Waals surface area contributed by atoms with E-state index < -0.39 is 0 Å². The first-order valence-corrected chi connectivity index (χ1v) is 7.08. The van der Waals surface area contributed by atoms with Crippen LogP contribution in [0.25, 0.3) is 0 Å². The zero-order valence-corrected chi connectivity index (χ0v) is 12.0. The van der Waals surface area contributed by atoms with Crippen molar-refractivity contribution >= 4 is 5.91 Å². The minimum Gasteiger partial charge on any atom is -0.351 e. The van der Waals surface area contributed by atoms with E-state index in [1.807, 2.05) is 6.92 Å². The summed E-state index contributed by atoms with van der Waals surface area (Å²) in [4.78, 5) is 14.3. The van der Waals surface area contributed by atoms with Crippen LogP contribution in [0, 0.1) is 12.7 Å². The Labute approximate surface area is 122 Å². The summed E-state index contributed by atoms with van der Waals surface area (Å²) >= 11 is 0. The molecule has 1 atom stereocenters. The second kappa shape index (κ2) is 5.31. The van der Waals surface area contributed by atoms with E-state index in [0.29, 0.717) is 11.3 Å². The fraction of sp³-hybridized carbons (Fsp3) is 0.375. The third-order valence-corrected chi connectivity index (χ3v) is 3.79. The van der Waals surface area contributed by atoms with E-state index in [-0.39, 0.29) is 29.6 Å². The highest BCUT2D eigenvalue weighted by Gasteiger charge is 2.38. The molecule has 1 unspecified atom stereocenters. The number of aryl methyl sites for hydroxylation is 1. The summed E-state index contributed by atoms with van der Waals surface area (Å²) in [5.74, 6) is -0.311. The van der Waals surface area contributed by atoms with Gasteiger partial charge in [-0.2, -0.15) is 0 Å². The normalized spacial score (nSPS) is 15.8. The molecule has 1 aliphatic carbocycles. The molecular weight excluding hydrogens is 271 g/mol. The van der Waals surface area contributed by atoms with Crippen LogP contribution in [0.2, 0.25) is 0 Å². The number of nitrogens with zero attached hydrogens (tertiary/aromatic N) is 2. The number of carbonyl (C=O) groups excluding carboxylic acids is 1. The van der Waals surface area contributed by atoms with Crippen molar-refractivity contribution in [1.82, 2.24) is 10.1 Å². The van der Waals surface area contributed by atoms with Gasteiger partial charge in [-0.15, -0.1) is 0 Å². The van der Waals surface area contributed by atoms with Crippen molar-refractivity contribution in [3.05, 3.63) is 53.2 Å². The smallest absolute Gasteiger partial charge is 0.293 e. The van der Waals surface area contributed by atoms with E-state index in [9.17, 15) is 9.18 Å². The molecule has 3 rings (SSSR count). The average molecular weight is 288 g/mol. The summed E-state index contributed by atoms with van der Waals surface area (Å²) in [5.41, 5.74) is 1.18. The molecule has 1 amide bonds. The molecule has 4 nitrogen and oxygen atoms in total. The van der Waals surface area contributed by atoms with Crippen LogP contribution in [-0.4, -0.2) is 22.0 Å². The van der Waals surface area contributed by atoms with Crippen LogP contribution < -0.4 is 0 Å². The number of carbonyl (C=O) groups is 1. The van der Waals surface area contributed by atoms with Gasteiger partial charge in [0.2, 0.25) is 5.76 Å². The van der Waals surface area contributed by atoms with Crippen LogP contribution in [0.4, 0.5) is 4.39 Å². The molecular formula is C16H17FN2O2. The fourth-order valence-corrected chi connectivity index (χ4v) is 2.57. The Balaban J connectivity index is 1.91. The van der Waals surface area contributed by atoms with Crippen molar-refractivity contribution in [2.45, 2.75) is 38.8 Å². The first-order valence-electron chi connectivity index (χ1n) is 7.08. The molecule has 1 aromatic carbocycles. The van der Waals surface area contributed by atoms with Crippen molar-refractivity contribution in [2.24, 2.45) is 0 Å². The largest absolute Gasteiger partial charge is 0.351 e. The second-order valence-corrected chi connectivity index (χ2v) is 5.47. The highest BCUT2D eigenvalue weighted by Crippen LogP contribution is 2.36. The van der Waals surface area contributed by atoms with Gasteiger partial charge in [0.25, 0.3) is 5.91 Å². The molecule has 1 heterocycles. The summed E-state index contributed by atoms with van der Waals surface area (Å²) in [6.07, 6.45) is 1.88. The van der Waals surface area contributed by atoms with E-state index in [1.165, 1.54) is 6.07 Å². The summed E-state index contributed by atoms with van der Waals surface area (Å²) in [6.45, 7) is 3.61. The molecule has 1 aromatic heterocycles. The molecule has 5 heteroatoms. The van der Waals surface area contributed by atoms with E-state index in [2.05, 4.69) is 5.16 Å². The standard InChI is InChI=1S/C16H17FN2O2/c1-10-9-15(21-18-10)16(20)19(12-7-8-12)11(2)13-5-3-4-6-14(13)17/h3-6,9,11-12H,7-8H2,1-2H3. The number of benzene rings is 1. The number of aromatic nitrogens is 1. The van der Waals surface area contributed by atoms with Gasteiger partial charge in [-0.05, 0) is 32.8 Å².